The third kappa shape index (κ3) is 4.71. The van der Waals surface area contributed by atoms with Crippen molar-refractivity contribution in [2.75, 3.05) is 0 Å². The Balaban J connectivity index is 1.51. The molecule has 0 aliphatic heterocycles. The average Bonchev–Trinajstić information content (AvgIpc) is 3.55. The minimum atomic E-state index is -0.956. The van der Waals surface area contributed by atoms with Crippen molar-refractivity contribution in [3.63, 3.8) is 0 Å². The van der Waals surface area contributed by atoms with Crippen LogP contribution >= 0.6 is 11.6 Å². The summed E-state index contributed by atoms with van der Waals surface area (Å²) < 4.78 is 0. The monoisotopic (exact) mass is 419 g/mol. The van der Waals surface area contributed by atoms with Gasteiger partial charge in [-0.05, 0) is 53.3 Å². The van der Waals surface area contributed by atoms with E-state index in [9.17, 15) is 9.59 Å². The first-order valence-corrected chi connectivity index (χ1v) is 10.3. The maximum Gasteiger partial charge on any atom is 0.335 e. The molecule has 0 heterocycles. The van der Waals surface area contributed by atoms with Gasteiger partial charge in [0.15, 0.2) is 0 Å². The second kappa shape index (κ2) is 8.72. The number of carboxylic acids is 1. The number of carbonyl (C=O) groups excluding carboxylic acids is 1. The molecular formula is C25H22ClNO3. The number of hydrogen-bond acceptors (Lipinski definition) is 2. The van der Waals surface area contributed by atoms with Crippen molar-refractivity contribution >= 4 is 23.5 Å². The zero-order valence-electron chi connectivity index (χ0n) is 16.4. The summed E-state index contributed by atoms with van der Waals surface area (Å²) in [6.45, 7) is 0.960. The Kier molecular flexibility index (Phi) is 5.86. The molecule has 0 spiro atoms. The van der Waals surface area contributed by atoms with Gasteiger partial charge in [-0.1, -0.05) is 66.2 Å². The number of benzene rings is 3. The zero-order valence-corrected chi connectivity index (χ0v) is 17.1. The molecule has 0 saturated heterocycles. The van der Waals surface area contributed by atoms with Crippen molar-refractivity contribution in [2.45, 2.75) is 25.4 Å². The Labute approximate surface area is 180 Å². The molecule has 0 radical (unpaired) electrons. The first-order valence-electron chi connectivity index (χ1n) is 9.91. The number of aromatic carboxylic acids is 1. The number of nitrogens with zero attached hydrogens (tertiary/aromatic N) is 1. The third-order valence-electron chi connectivity index (χ3n) is 5.51. The summed E-state index contributed by atoms with van der Waals surface area (Å²) in [4.78, 5) is 26.3. The van der Waals surface area contributed by atoms with E-state index in [1.54, 1.807) is 24.3 Å². The second-order valence-corrected chi connectivity index (χ2v) is 8.12. The molecule has 4 rings (SSSR count). The molecule has 3 aromatic rings. The van der Waals surface area contributed by atoms with Crippen LogP contribution in [0, 0.1) is 5.92 Å². The summed E-state index contributed by atoms with van der Waals surface area (Å²) in [5, 5.41) is 9.80. The van der Waals surface area contributed by atoms with E-state index in [0.29, 0.717) is 18.1 Å². The highest BCUT2D eigenvalue weighted by molar-refractivity contribution is 6.30. The Bertz CT molecular complexity index is 1030. The molecule has 4 nitrogen and oxygen atoms in total. The maximum absolute atomic E-state index is 13.3. The van der Waals surface area contributed by atoms with E-state index < -0.39 is 5.97 Å². The molecule has 0 aromatic heterocycles. The van der Waals surface area contributed by atoms with Crippen LogP contribution in [-0.2, 0) is 17.9 Å². The summed E-state index contributed by atoms with van der Waals surface area (Å²) in [5.41, 5.74) is 3.36. The largest absolute Gasteiger partial charge is 0.478 e. The van der Waals surface area contributed by atoms with E-state index in [0.717, 1.165) is 23.1 Å². The van der Waals surface area contributed by atoms with Gasteiger partial charge in [0.25, 0.3) is 0 Å². The van der Waals surface area contributed by atoms with Gasteiger partial charge in [-0.3, -0.25) is 4.79 Å². The molecule has 1 fully saturated rings. The lowest BCUT2D eigenvalue weighted by atomic mass is 10.1. The van der Waals surface area contributed by atoms with E-state index in [2.05, 4.69) is 0 Å². The lowest BCUT2D eigenvalue weighted by molar-refractivity contribution is -0.134. The quantitative estimate of drug-likeness (QED) is 0.560. The van der Waals surface area contributed by atoms with Gasteiger partial charge >= 0.3 is 5.97 Å². The van der Waals surface area contributed by atoms with Crippen LogP contribution in [0.1, 0.15) is 39.4 Å². The molecule has 1 saturated carbocycles. The summed E-state index contributed by atoms with van der Waals surface area (Å²) in [7, 11) is 0. The van der Waals surface area contributed by atoms with Crippen LogP contribution in [0.3, 0.4) is 0 Å². The van der Waals surface area contributed by atoms with Crippen LogP contribution in [0.15, 0.2) is 78.9 Å². The Morgan fingerprint density at radius 1 is 0.867 bits per heavy atom. The fraction of sp³-hybridized carbons (Fsp3) is 0.200. The standard InChI is InChI=1S/C25H22ClNO3/c26-21-12-10-19(11-13-21)22-14-23(22)24(28)27(15-17-4-2-1-3-5-17)16-18-6-8-20(9-7-18)25(29)30/h1-13,22-23H,14-16H2,(H,29,30). The summed E-state index contributed by atoms with van der Waals surface area (Å²) in [5.74, 6) is -0.640. The van der Waals surface area contributed by atoms with Crippen molar-refractivity contribution in [2.24, 2.45) is 5.92 Å². The first kappa shape index (κ1) is 20.2. The Morgan fingerprint density at radius 2 is 1.47 bits per heavy atom. The van der Waals surface area contributed by atoms with Crippen LogP contribution in [0.5, 0.6) is 0 Å². The number of rotatable bonds is 7. The van der Waals surface area contributed by atoms with Crippen molar-refractivity contribution in [1.82, 2.24) is 4.90 Å². The van der Waals surface area contributed by atoms with Gasteiger partial charge in [0.05, 0.1) is 5.56 Å². The van der Waals surface area contributed by atoms with Crippen LogP contribution < -0.4 is 0 Å². The van der Waals surface area contributed by atoms with E-state index in [4.69, 9.17) is 16.7 Å². The third-order valence-corrected chi connectivity index (χ3v) is 5.76. The van der Waals surface area contributed by atoms with Gasteiger partial charge in [0.1, 0.15) is 0 Å². The molecule has 5 heteroatoms. The predicted molar refractivity (Wildman–Crippen MR) is 116 cm³/mol. The minimum Gasteiger partial charge on any atom is -0.478 e. The van der Waals surface area contributed by atoms with Gasteiger partial charge < -0.3 is 10.0 Å². The van der Waals surface area contributed by atoms with E-state index in [1.165, 1.54) is 0 Å². The minimum absolute atomic E-state index is 0.0341. The molecule has 1 amide bonds. The van der Waals surface area contributed by atoms with E-state index in [-0.39, 0.29) is 23.3 Å². The summed E-state index contributed by atoms with van der Waals surface area (Å²) in [6.07, 6.45) is 0.837. The van der Waals surface area contributed by atoms with Gasteiger partial charge in [-0.2, -0.15) is 0 Å². The van der Waals surface area contributed by atoms with Crippen molar-refractivity contribution in [1.29, 1.82) is 0 Å². The SMILES string of the molecule is O=C(O)c1ccc(CN(Cc2ccccc2)C(=O)C2CC2c2ccc(Cl)cc2)cc1. The molecule has 2 atom stereocenters. The maximum atomic E-state index is 13.3. The van der Waals surface area contributed by atoms with E-state index in [1.807, 2.05) is 59.5 Å². The molecule has 3 aromatic carbocycles. The normalized spacial score (nSPS) is 17.4. The smallest absolute Gasteiger partial charge is 0.335 e. The van der Waals surface area contributed by atoms with Crippen LogP contribution in [-0.4, -0.2) is 21.9 Å². The van der Waals surface area contributed by atoms with Gasteiger partial charge in [0, 0.05) is 24.0 Å². The lowest BCUT2D eigenvalue weighted by Gasteiger charge is -2.23. The number of carboxylic acid groups (broad SMARTS) is 1. The van der Waals surface area contributed by atoms with Crippen LogP contribution in [0.4, 0.5) is 0 Å². The Hall–Kier alpha value is -3.11. The lowest BCUT2D eigenvalue weighted by Crippen LogP contribution is -2.31. The number of amides is 1. The number of carbonyl (C=O) groups is 2. The van der Waals surface area contributed by atoms with Crippen molar-refractivity contribution < 1.29 is 14.7 Å². The van der Waals surface area contributed by atoms with Gasteiger partial charge in [-0.25, -0.2) is 4.79 Å². The highest BCUT2D eigenvalue weighted by Crippen LogP contribution is 2.48. The summed E-state index contributed by atoms with van der Waals surface area (Å²) in [6, 6.07) is 24.3. The summed E-state index contributed by atoms with van der Waals surface area (Å²) >= 11 is 5.99. The zero-order chi connectivity index (χ0) is 21.1. The fourth-order valence-electron chi connectivity index (χ4n) is 3.77. The molecular weight excluding hydrogens is 398 g/mol. The van der Waals surface area contributed by atoms with Crippen molar-refractivity contribution in [3.8, 4) is 0 Å². The first-order chi connectivity index (χ1) is 14.5. The highest BCUT2D eigenvalue weighted by Gasteiger charge is 2.45. The fourth-order valence-corrected chi connectivity index (χ4v) is 3.90. The Morgan fingerprint density at radius 3 is 2.07 bits per heavy atom. The predicted octanol–water partition coefficient (Wildman–Crippen LogP) is 5.37. The molecule has 1 aliphatic rings. The molecule has 30 heavy (non-hydrogen) atoms. The molecule has 0 bridgehead atoms. The van der Waals surface area contributed by atoms with Crippen molar-refractivity contribution in [3.05, 3.63) is 106 Å². The molecule has 152 valence electrons. The number of halogens is 1. The number of hydrogen-bond donors (Lipinski definition) is 1. The average molecular weight is 420 g/mol. The highest BCUT2D eigenvalue weighted by atomic mass is 35.5. The topological polar surface area (TPSA) is 57.6 Å². The van der Waals surface area contributed by atoms with Crippen LogP contribution in [0.25, 0.3) is 0 Å². The molecule has 2 unspecified atom stereocenters. The molecule has 1 aliphatic carbocycles. The van der Waals surface area contributed by atoms with Crippen LogP contribution in [0.2, 0.25) is 5.02 Å². The van der Waals surface area contributed by atoms with Gasteiger partial charge in [0.2, 0.25) is 5.91 Å². The van der Waals surface area contributed by atoms with Gasteiger partial charge in [-0.15, -0.1) is 0 Å². The second-order valence-electron chi connectivity index (χ2n) is 7.68. The molecule has 1 N–H and O–H groups in total. The van der Waals surface area contributed by atoms with E-state index >= 15 is 0 Å².